The molecule has 2 atom stereocenters. The van der Waals surface area contributed by atoms with Crippen molar-refractivity contribution in [2.75, 3.05) is 13.7 Å². The minimum absolute atomic E-state index is 0.244. The number of likely N-dealkylation sites (N-methyl/N-ethyl adjacent to an activating group) is 1. The standard InChI is InChI=1S/C17H25NOS/c1-5-18-15(17(19-4)12(2)3)10-13-11-20-16-9-7-6-8-14(13)16/h6-9,11-12,15,17-18H,5,10H2,1-4H3. The molecule has 20 heavy (non-hydrogen) atoms. The Labute approximate surface area is 126 Å². The number of hydrogen-bond donors (Lipinski definition) is 1. The van der Waals surface area contributed by atoms with E-state index in [1.807, 2.05) is 18.4 Å². The Hall–Kier alpha value is -0.900. The summed E-state index contributed by atoms with van der Waals surface area (Å²) in [6, 6.07) is 9.01. The summed E-state index contributed by atoms with van der Waals surface area (Å²) in [7, 11) is 1.82. The van der Waals surface area contributed by atoms with Crippen molar-refractivity contribution >= 4 is 21.4 Å². The molecule has 2 aromatic rings. The lowest BCUT2D eigenvalue weighted by Crippen LogP contribution is -2.45. The molecule has 3 heteroatoms. The van der Waals surface area contributed by atoms with E-state index >= 15 is 0 Å². The zero-order valence-corrected chi connectivity index (χ0v) is 13.7. The Kier molecular flexibility index (Phi) is 5.58. The summed E-state index contributed by atoms with van der Waals surface area (Å²) in [4.78, 5) is 0. The molecular formula is C17H25NOS. The van der Waals surface area contributed by atoms with Gasteiger partial charge in [0.2, 0.25) is 0 Å². The van der Waals surface area contributed by atoms with Crippen LogP contribution in [0.2, 0.25) is 0 Å². The van der Waals surface area contributed by atoms with Crippen LogP contribution in [0.1, 0.15) is 26.3 Å². The van der Waals surface area contributed by atoms with E-state index in [1.165, 1.54) is 15.6 Å². The predicted octanol–water partition coefficient (Wildman–Crippen LogP) is 4.09. The maximum Gasteiger partial charge on any atom is 0.0750 e. The van der Waals surface area contributed by atoms with E-state index in [0.717, 1.165) is 13.0 Å². The van der Waals surface area contributed by atoms with Crippen molar-refractivity contribution in [2.24, 2.45) is 5.92 Å². The Morgan fingerprint density at radius 2 is 2.00 bits per heavy atom. The zero-order chi connectivity index (χ0) is 14.5. The first-order chi connectivity index (χ1) is 9.67. The molecule has 110 valence electrons. The molecule has 0 aliphatic carbocycles. The zero-order valence-electron chi connectivity index (χ0n) is 12.8. The first kappa shape index (κ1) is 15.5. The van der Waals surface area contributed by atoms with Gasteiger partial charge in [0.15, 0.2) is 0 Å². The molecule has 0 saturated carbocycles. The van der Waals surface area contributed by atoms with Crippen LogP contribution in [-0.2, 0) is 11.2 Å². The van der Waals surface area contributed by atoms with Gasteiger partial charge in [0.05, 0.1) is 6.10 Å². The Balaban J connectivity index is 2.23. The Morgan fingerprint density at radius 3 is 2.65 bits per heavy atom. The third-order valence-corrected chi connectivity index (χ3v) is 4.81. The number of hydrogen-bond acceptors (Lipinski definition) is 3. The summed E-state index contributed by atoms with van der Waals surface area (Å²) in [5, 5.41) is 7.28. The number of methoxy groups -OCH3 is 1. The highest BCUT2D eigenvalue weighted by atomic mass is 32.1. The number of nitrogens with one attached hydrogen (secondary N) is 1. The van der Waals surface area contributed by atoms with Gasteiger partial charge in [-0.3, -0.25) is 0 Å². The summed E-state index contributed by atoms with van der Waals surface area (Å²) >= 11 is 1.83. The summed E-state index contributed by atoms with van der Waals surface area (Å²) in [5.41, 5.74) is 1.43. The second-order valence-electron chi connectivity index (χ2n) is 5.57. The number of fused-ring (bicyclic) bond motifs is 1. The number of rotatable bonds is 7. The van der Waals surface area contributed by atoms with Crippen molar-refractivity contribution in [1.29, 1.82) is 0 Å². The average Bonchev–Trinajstić information content (AvgIpc) is 2.83. The summed E-state index contributed by atoms with van der Waals surface area (Å²) < 4.78 is 7.10. The van der Waals surface area contributed by atoms with E-state index in [0.29, 0.717) is 12.0 Å². The molecule has 0 amide bonds. The highest BCUT2D eigenvalue weighted by Gasteiger charge is 2.24. The highest BCUT2D eigenvalue weighted by Crippen LogP contribution is 2.27. The van der Waals surface area contributed by atoms with Gasteiger partial charge < -0.3 is 10.1 Å². The third-order valence-electron chi connectivity index (χ3n) is 3.79. The maximum atomic E-state index is 5.73. The van der Waals surface area contributed by atoms with Crippen molar-refractivity contribution in [3.8, 4) is 0 Å². The summed E-state index contributed by atoms with van der Waals surface area (Å²) in [6.45, 7) is 7.58. The van der Waals surface area contributed by atoms with Gasteiger partial charge in [0.25, 0.3) is 0 Å². The van der Waals surface area contributed by atoms with E-state index in [-0.39, 0.29) is 6.10 Å². The van der Waals surface area contributed by atoms with Gasteiger partial charge in [-0.2, -0.15) is 0 Å². The molecule has 0 bridgehead atoms. The second-order valence-corrected chi connectivity index (χ2v) is 6.48. The van der Waals surface area contributed by atoms with Crippen LogP contribution >= 0.6 is 11.3 Å². The predicted molar refractivity (Wildman–Crippen MR) is 88.6 cm³/mol. The van der Waals surface area contributed by atoms with Gasteiger partial charge in [-0.05, 0) is 41.3 Å². The molecule has 0 aliphatic heterocycles. The molecule has 0 aliphatic rings. The van der Waals surface area contributed by atoms with Crippen molar-refractivity contribution in [3.63, 3.8) is 0 Å². The molecule has 2 nitrogen and oxygen atoms in total. The van der Waals surface area contributed by atoms with Gasteiger partial charge in [-0.15, -0.1) is 11.3 Å². The monoisotopic (exact) mass is 291 g/mol. The minimum atomic E-state index is 0.244. The lowest BCUT2D eigenvalue weighted by Gasteiger charge is -2.29. The molecule has 0 radical (unpaired) electrons. The third kappa shape index (κ3) is 3.40. The van der Waals surface area contributed by atoms with Crippen LogP contribution in [0.5, 0.6) is 0 Å². The van der Waals surface area contributed by atoms with Crippen LogP contribution in [0.3, 0.4) is 0 Å². The quantitative estimate of drug-likeness (QED) is 0.829. The van der Waals surface area contributed by atoms with Crippen LogP contribution in [0, 0.1) is 5.92 Å². The van der Waals surface area contributed by atoms with E-state index in [9.17, 15) is 0 Å². The Bertz CT molecular complexity index is 535. The van der Waals surface area contributed by atoms with E-state index in [4.69, 9.17) is 4.74 Å². The maximum absolute atomic E-state index is 5.73. The molecule has 1 N–H and O–H groups in total. The van der Waals surface area contributed by atoms with Gasteiger partial charge in [0, 0.05) is 17.9 Å². The van der Waals surface area contributed by atoms with Crippen LogP contribution in [0.15, 0.2) is 29.6 Å². The van der Waals surface area contributed by atoms with Crippen molar-refractivity contribution in [1.82, 2.24) is 5.32 Å². The second kappa shape index (κ2) is 7.21. The van der Waals surface area contributed by atoms with Crippen LogP contribution < -0.4 is 5.32 Å². The van der Waals surface area contributed by atoms with Crippen molar-refractivity contribution < 1.29 is 4.74 Å². The SMILES string of the molecule is CCNC(Cc1csc2ccccc12)C(OC)C(C)C. The van der Waals surface area contributed by atoms with E-state index in [1.54, 1.807) is 0 Å². The fourth-order valence-electron chi connectivity index (χ4n) is 2.90. The first-order valence-corrected chi connectivity index (χ1v) is 8.26. The lowest BCUT2D eigenvalue weighted by molar-refractivity contribution is 0.0338. The van der Waals surface area contributed by atoms with E-state index in [2.05, 4.69) is 55.7 Å². The summed E-state index contributed by atoms with van der Waals surface area (Å²) in [5.74, 6) is 0.508. The lowest BCUT2D eigenvalue weighted by atomic mass is 9.93. The molecule has 0 fully saturated rings. The normalized spacial score (nSPS) is 14.8. The van der Waals surface area contributed by atoms with Gasteiger partial charge in [-0.1, -0.05) is 39.0 Å². The van der Waals surface area contributed by atoms with Gasteiger partial charge >= 0.3 is 0 Å². The van der Waals surface area contributed by atoms with Gasteiger partial charge in [-0.25, -0.2) is 0 Å². The number of thiophene rings is 1. The molecule has 1 aromatic carbocycles. The molecule has 1 heterocycles. The smallest absolute Gasteiger partial charge is 0.0750 e. The molecule has 1 aromatic heterocycles. The van der Waals surface area contributed by atoms with Crippen molar-refractivity contribution in [2.45, 2.75) is 39.3 Å². The fraction of sp³-hybridized carbons (Fsp3) is 0.529. The Morgan fingerprint density at radius 1 is 1.25 bits per heavy atom. The largest absolute Gasteiger partial charge is 0.380 e. The number of ether oxygens (including phenoxy) is 1. The van der Waals surface area contributed by atoms with Crippen LogP contribution in [0.4, 0.5) is 0 Å². The first-order valence-electron chi connectivity index (χ1n) is 7.38. The van der Waals surface area contributed by atoms with Crippen LogP contribution in [0.25, 0.3) is 10.1 Å². The van der Waals surface area contributed by atoms with Crippen molar-refractivity contribution in [3.05, 3.63) is 35.2 Å². The van der Waals surface area contributed by atoms with E-state index < -0.39 is 0 Å². The van der Waals surface area contributed by atoms with Gasteiger partial charge in [0.1, 0.15) is 0 Å². The van der Waals surface area contributed by atoms with Crippen LogP contribution in [-0.4, -0.2) is 25.8 Å². The fourth-order valence-corrected chi connectivity index (χ4v) is 3.87. The summed E-state index contributed by atoms with van der Waals surface area (Å²) in [6.07, 6.45) is 1.27. The molecular weight excluding hydrogens is 266 g/mol. The topological polar surface area (TPSA) is 21.3 Å². The number of benzene rings is 1. The molecule has 2 unspecified atom stereocenters. The molecule has 0 spiro atoms. The molecule has 2 rings (SSSR count). The molecule has 0 saturated heterocycles. The minimum Gasteiger partial charge on any atom is -0.380 e. The average molecular weight is 291 g/mol. The highest BCUT2D eigenvalue weighted by molar-refractivity contribution is 7.17.